The first-order chi connectivity index (χ1) is 7.09. The van der Waals surface area contributed by atoms with Crippen LogP contribution in [0.5, 0.6) is 0 Å². The number of nitrogens with one attached hydrogen (secondary N) is 1. The minimum atomic E-state index is -0.807. The Morgan fingerprint density at radius 3 is 2.93 bits per heavy atom. The number of carbonyl (C=O) groups is 1. The first-order valence-corrected chi connectivity index (χ1v) is 5.38. The van der Waals surface area contributed by atoms with Crippen molar-refractivity contribution in [3.8, 4) is 0 Å². The van der Waals surface area contributed by atoms with Gasteiger partial charge in [0, 0.05) is 21.6 Å². The van der Waals surface area contributed by atoms with E-state index in [2.05, 4.69) is 20.9 Å². The van der Waals surface area contributed by atoms with E-state index in [0.29, 0.717) is 0 Å². The number of aliphatic carboxylic acids is 1. The second kappa shape index (κ2) is 3.70. The number of hydrogen-bond donors (Lipinski definition) is 2. The summed E-state index contributed by atoms with van der Waals surface area (Å²) in [5, 5.41) is 9.91. The lowest BCUT2D eigenvalue weighted by Crippen LogP contribution is -2.06. The summed E-state index contributed by atoms with van der Waals surface area (Å²) in [6.07, 6.45) is 1.76. The fraction of sp³-hybridized carbons (Fsp3) is 0.182. The van der Waals surface area contributed by atoms with Crippen molar-refractivity contribution in [2.45, 2.75) is 12.8 Å². The van der Waals surface area contributed by atoms with Crippen LogP contribution in [0.2, 0.25) is 0 Å². The molecule has 0 radical (unpaired) electrons. The zero-order valence-corrected chi connectivity index (χ0v) is 9.71. The van der Waals surface area contributed by atoms with Crippen molar-refractivity contribution in [2.75, 3.05) is 0 Å². The first kappa shape index (κ1) is 10.2. The maximum absolute atomic E-state index is 10.9. The monoisotopic (exact) mass is 267 g/mol. The Hall–Kier alpha value is -1.29. The molecule has 15 heavy (non-hydrogen) atoms. The van der Waals surface area contributed by atoms with Crippen LogP contribution >= 0.6 is 15.9 Å². The van der Waals surface area contributed by atoms with Crippen molar-refractivity contribution >= 4 is 32.8 Å². The molecule has 2 rings (SSSR count). The van der Waals surface area contributed by atoms with E-state index in [1.807, 2.05) is 18.2 Å². The molecule has 1 unspecified atom stereocenters. The van der Waals surface area contributed by atoms with Crippen LogP contribution in [0.3, 0.4) is 0 Å². The first-order valence-electron chi connectivity index (χ1n) is 4.59. The van der Waals surface area contributed by atoms with Gasteiger partial charge in [-0.15, -0.1) is 0 Å². The molecule has 1 aromatic heterocycles. The molecule has 1 atom stereocenters. The molecule has 4 heteroatoms. The Morgan fingerprint density at radius 2 is 2.27 bits per heavy atom. The van der Waals surface area contributed by atoms with Crippen LogP contribution in [0.1, 0.15) is 18.4 Å². The van der Waals surface area contributed by atoms with Gasteiger partial charge >= 0.3 is 5.97 Å². The van der Waals surface area contributed by atoms with Crippen LogP contribution < -0.4 is 0 Å². The molecule has 0 bridgehead atoms. The van der Waals surface area contributed by atoms with Crippen LogP contribution in [0.25, 0.3) is 10.9 Å². The van der Waals surface area contributed by atoms with Gasteiger partial charge in [0.15, 0.2) is 0 Å². The standard InChI is InChI=1S/C11H10BrNO2/c1-6(11(14)15)9-5-13-10-4-7(12)2-3-8(9)10/h2-6,13H,1H3,(H,14,15). The zero-order valence-electron chi connectivity index (χ0n) is 8.12. The molecule has 0 spiro atoms. The Labute approximate surface area is 95.2 Å². The van der Waals surface area contributed by atoms with E-state index >= 15 is 0 Å². The van der Waals surface area contributed by atoms with Gasteiger partial charge in [-0.25, -0.2) is 0 Å². The normalized spacial score (nSPS) is 12.9. The Morgan fingerprint density at radius 1 is 1.53 bits per heavy atom. The number of halogens is 1. The molecule has 0 aliphatic rings. The Kier molecular flexibility index (Phi) is 2.52. The van der Waals surface area contributed by atoms with Gasteiger partial charge in [-0.1, -0.05) is 22.0 Å². The fourth-order valence-corrected chi connectivity index (χ4v) is 1.97. The van der Waals surface area contributed by atoms with E-state index < -0.39 is 11.9 Å². The fourth-order valence-electron chi connectivity index (χ4n) is 1.61. The number of rotatable bonds is 2. The SMILES string of the molecule is CC(C(=O)O)c1c[nH]c2cc(Br)ccc12. The third-order valence-electron chi connectivity index (χ3n) is 2.51. The lowest BCUT2D eigenvalue weighted by Gasteiger charge is -2.03. The van der Waals surface area contributed by atoms with Crippen LogP contribution in [-0.4, -0.2) is 16.1 Å². The topological polar surface area (TPSA) is 53.1 Å². The molecule has 1 aromatic carbocycles. The van der Waals surface area contributed by atoms with Gasteiger partial charge < -0.3 is 10.1 Å². The quantitative estimate of drug-likeness (QED) is 0.879. The van der Waals surface area contributed by atoms with Gasteiger partial charge in [0.25, 0.3) is 0 Å². The van der Waals surface area contributed by atoms with Crippen molar-refractivity contribution < 1.29 is 9.90 Å². The molecular weight excluding hydrogens is 258 g/mol. The highest BCUT2D eigenvalue weighted by Crippen LogP contribution is 2.27. The van der Waals surface area contributed by atoms with Gasteiger partial charge in [-0.3, -0.25) is 4.79 Å². The number of H-pyrrole nitrogens is 1. The van der Waals surface area contributed by atoms with Crippen LogP contribution in [0.15, 0.2) is 28.9 Å². The van der Waals surface area contributed by atoms with Crippen molar-refractivity contribution in [2.24, 2.45) is 0 Å². The van der Waals surface area contributed by atoms with Gasteiger partial charge in [0.2, 0.25) is 0 Å². The van der Waals surface area contributed by atoms with E-state index in [1.54, 1.807) is 13.1 Å². The molecule has 0 amide bonds. The summed E-state index contributed by atoms with van der Waals surface area (Å²) >= 11 is 3.37. The highest BCUT2D eigenvalue weighted by Gasteiger charge is 2.17. The maximum Gasteiger partial charge on any atom is 0.310 e. The number of carboxylic acids is 1. The number of benzene rings is 1. The summed E-state index contributed by atoms with van der Waals surface area (Å²) in [6.45, 7) is 1.69. The van der Waals surface area contributed by atoms with Crippen molar-refractivity contribution in [3.05, 3.63) is 34.4 Å². The predicted molar refractivity (Wildman–Crippen MR) is 62.0 cm³/mol. The van der Waals surface area contributed by atoms with Crippen molar-refractivity contribution in [3.63, 3.8) is 0 Å². The predicted octanol–water partition coefficient (Wildman–Crippen LogP) is 3.12. The maximum atomic E-state index is 10.9. The highest BCUT2D eigenvalue weighted by atomic mass is 79.9. The second-order valence-electron chi connectivity index (χ2n) is 3.49. The Bertz CT molecular complexity index is 518. The summed E-state index contributed by atoms with van der Waals surface area (Å²) in [6, 6.07) is 5.77. The zero-order chi connectivity index (χ0) is 11.0. The lowest BCUT2D eigenvalue weighted by molar-refractivity contribution is -0.138. The summed E-state index contributed by atoms with van der Waals surface area (Å²) in [4.78, 5) is 14.0. The van der Waals surface area contributed by atoms with Gasteiger partial charge in [0.05, 0.1) is 5.92 Å². The molecule has 3 nitrogen and oxygen atoms in total. The van der Waals surface area contributed by atoms with E-state index in [1.165, 1.54) is 0 Å². The number of aromatic amines is 1. The van der Waals surface area contributed by atoms with E-state index in [9.17, 15) is 4.79 Å². The minimum Gasteiger partial charge on any atom is -0.481 e. The molecule has 0 aliphatic carbocycles. The molecule has 0 saturated carbocycles. The molecule has 0 fully saturated rings. The van der Waals surface area contributed by atoms with Crippen molar-refractivity contribution in [1.29, 1.82) is 0 Å². The number of aromatic nitrogens is 1. The molecular formula is C11H10BrNO2. The molecule has 0 saturated heterocycles. The van der Waals surface area contributed by atoms with E-state index in [-0.39, 0.29) is 0 Å². The summed E-state index contributed by atoms with van der Waals surface area (Å²) in [5.41, 5.74) is 1.78. The summed E-state index contributed by atoms with van der Waals surface area (Å²) < 4.78 is 0.978. The average Bonchev–Trinajstić information content (AvgIpc) is 2.59. The van der Waals surface area contributed by atoms with Crippen LogP contribution in [0, 0.1) is 0 Å². The number of hydrogen-bond acceptors (Lipinski definition) is 1. The van der Waals surface area contributed by atoms with Gasteiger partial charge in [-0.2, -0.15) is 0 Å². The third kappa shape index (κ3) is 1.77. The number of fused-ring (bicyclic) bond motifs is 1. The second-order valence-corrected chi connectivity index (χ2v) is 4.41. The van der Waals surface area contributed by atoms with E-state index in [4.69, 9.17) is 5.11 Å². The smallest absolute Gasteiger partial charge is 0.310 e. The molecule has 1 heterocycles. The van der Waals surface area contributed by atoms with Gasteiger partial charge in [-0.05, 0) is 24.6 Å². The average molecular weight is 268 g/mol. The largest absolute Gasteiger partial charge is 0.481 e. The summed E-state index contributed by atoms with van der Waals surface area (Å²) in [5.74, 6) is -1.29. The lowest BCUT2D eigenvalue weighted by atomic mass is 10.0. The summed E-state index contributed by atoms with van der Waals surface area (Å²) in [7, 11) is 0. The van der Waals surface area contributed by atoms with Crippen LogP contribution in [-0.2, 0) is 4.79 Å². The third-order valence-corrected chi connectivity index (χ3v) is 3.01. The Balaban J connectivity index is 2.59. The molecule has 0 aliphatic heterocycles. The molecule has 78 valence electrons. The highest BCUT2D eigenvalue weighted by molar-refractivity contribution is 9.10. The van der Waals surface area contributed by atoms with Crippen molar-refractivity contribution in [1.82, 2.24) is 4.98 Å². The van der Waals surface area contributed by atoms with Gasteiger partial charge in [0.1, 0.15) is 0 Å². The molecule has 2 N–H and O–H groups in total. The molecule has 2 aromatic rings. The van der Waals surface area contributed by atoms with Crippen LogP contribution in [0.4, 0.5) is 0 Å². The minimum absolute atomic E-state index is 0.486. The van der Waals surface area contributed by atoms with E-state index in [0.717, 1.165) is 20.9 Å². The number of carboxylic acid groups (broad SMARTS) is 1.